The van der Waals surface area contributed by atoms with Crippen molar-refractivity contribution in [3.8, 4) is 0 Å². The highest BCUT2D eigenvalue weighted by molar-refractivity contribution is 5.78. The van der Waals surface area contributed by atoms with Crippen LogP contribution in [0.3, 0.4) is 0 Å². The molecule has 0 radical (unpaired) electrons. The van der Waals surface area contributed by atoms with E-state index < -0.39 is 18.2 Å². The zero-order valence-electron chi connectivity index (χ0n) is 8.67. The van der Waals surface area contributed by atoms with Crippen LogP contribution in [0.1, 0.15) is 6.92 Å². The molecule has 9 heteroatoms. The van der Waals surface area contributed by atoms with Crippen molar-refractivity contribution in [2.45, 2.75) is 6.92 Å². The molecule has 16 heavy (non-hydrogen) atoms. The van der Waals surface area contributed by atoms with E-state index in [1.807, 2.05) is 0 Å². The molecule has 0 rings (SSSR count). The van der Waals surface area contributed by atoms with Gasteiger partial charge in [0.25, 0.3) is 0 Å². The van der Waals surface area contributed by atoms with Crippen LogP contribution in [0.4, 0.5) is 9.59 Å². The molecule has 0 aliphatic carbocycles. The first-order chi connectivity index (χ1) is 7.31. The van der Waals surface area contributed by atoms with Crippen molar-refractivity contribution in [1.29, 1.82) is 0 Å². The number of ether oxygens (including phenoxy) is 1. The predicted molar refractivity (Wildman–Crippen MR) is 54.4 cm³/mol. The summed E-state index contributed by atoms with van der Waals surface area (Å²) < 4.78 is 4.18. The number of nitrogens with one attached hydrogen (secondary N) is 1. The monoisotopic (exact) mass is 237 g/mol. The first-order valence-corrected chi connectivity index (χ1v) is 3.78. The van der Waals surface area contributed by atoms with Crippen molar-refractivity contribution >= 4 is 18.2 Å². The summed E-state index contributed by atoms with van der Waals surface area (Å²) >= 11 is 0. The Morgan fingerprint density at radius 3 is 1.75 bits per heavy atom. The number of hydrogen-bond acceptors (Lipinski definition) is 5. The summed E-state index contributed by atoms with van der Waals surface area (Å²) in [5, 5.41) is 15.1. The second-order valence-electron chi connectivity index (χ2n) is 1.74. The third kappa shape index (κ3) is 60.5. The number of amides is 2. The van der Waals surface area contributed by atoms with Crippen LogP contribution in [0.5, 0.6) is 0 Å². The van der Waals surface area contributed by atoms with Crippen LogP contribution in [0.15, 0.2) is 12.7 Å². The van der Waals surface area contributed by atoms with Gasteiger partial charge >= 0.3 is 18.2 Å². The minimum absolute atomic E-state index is 0.356. The zero-order valence-corrected chi connectivity index (χ0v) is 8.67. The number of primary amides is 1. The first kappa shape index (κ1) is 19.3. The van der Waals surface area contributed by atoms with Crippen molar-refractivity contribution in [2.75, 3.05) is 6.61 Å². The molecule has 0 bridgehead atoms. The number of rotatable bonds is 2. The lowest BCUT2D eigenvalue weighted by atomic mass is 10.7. The van der Waals surface area contributed by atoms with Gasteiger partial charge in [-0.3, -0.25) is 5.43 Å². The van der Waals surface area contributed by atoms with Crippen molar-refractivity contribution < 1.29 is 29.3 Å². The highest BCUT2D eigenvalue weighted by atomic mass is 16.5. The lowest BCUT2D eigenvalue weighted by Crippen LogP contribution is -2.27. The van der Waals surface area contributed by atoms with Crippen LogP contribution in [-0.4, -0.2) is 35.0 Å². The fourth-order valence-corrected chi connectivity index (χ4v) is 0.142. The fraction of sp³-hybridized carbons (Fsp3) is 0.286. The Bertz CT molecular complexity index is 230. The van der Waals surface area contributed by atoms with Crippen molar-refractivity contribution in [1.82, 2.24) is 5.43 Å². The van der Waals surface area contributed by atoms with E-state index in [0.29, 0.717) is 6.61 Å². The Balaban J connectivity index is -0.000000160. The van der Waals surface area contributed by atoms with Crippen LogP contribution in [0.2, 0.25) is 0 Å². The third-order valence-corrected chi connectivity index (χ3v) is 0.585. The number of carbonyl (C=O) groups excluding carboxylic acids is 1. The molecule has 0 aromatic rings. The maximum atomic E-state index is 9.60. The number of aliphatic carboxylic acids is 1. The van der Waals surface area contributed by atoms with Gasteiger partial charge in [0.15, 0.2) is 0 Å². The molecule has 0 heterocycles. The number of carboxylic acid groups (broad SMARTS) is 2. The van der Waals surface area contributed by atoms with Crippen LogP contribution in [0.25, 0.3) is 0 Å². The Morgan fingerprint density at radius 2 is 1.75 bits per heavy atom. The van der Waals surface area contributed by atoms with E-state index in [4.69, 9.17) is 15.0 Å². The molecule has 2 amide bonds. The van der Waals surface area contributed by atoms with Crippen molar-refractivity contribution in [2.24, 2.45) is 11.6 Å². The average Bonchev–Trinajstić information content (AvgIpc) is 2.19. The summed E-state index contributed by atoms with van der Waals surface area (Å²) in [6.07, 6.45) is -1.09. The molecule has 0 unspecified atom stereocenters. The molecule has 9 nitrogen and oxygen atoms in total. The second-order valence-corrected chi connectivity index (χ2v) is 1.74. The Hall–Kier alpha value is -2.29. The Labute approximate surface area is 91.6 Å². The van der Waals surface area contributed by atoms with Crippen molar-refractivity contribution in [3.63, 3.8) is 0 Å². The lowest BCUT2D eigenvalue weighted by Gasteiger charge is -1.89. The van der Waals surface area contributed by atoms with Gasteiger partial charge in [0.05, 0.1) is 6.61 Å². The summed E-state index contributed by atoms with van der Waals surface area (Å²) in [7, 11) is 0. The largest absolute Gasteiger partial charge is 0.478 e. The minimum atomic E-state index is -1.22. The van der Waals surface area contributed by atoms with Gasteiger partial charge in [0.1, 0.15) is 0 Å². The Kier molecular flexibility index (Phi) is 18.3. The SMILES string of the molecule is C=CC(=O)O.CCOC(N)=O.NNC(=O)O. The molecule has 0 atom stereocenters. The van der Waals surface area contributed by atoms with E-state index in [1.54, 1.807) is 6.92 Å². The molecule has 0 saturated heterocycles. The van der Waals surface area contributed by atoms with Gasteiger partial charge < -0.3 is 20.7 Å². The summed E-state index contributed by atoms with van der Waals surface area (Å²) in [6, 6.07) is 0. The summed E-state index contributed by atoms with van der Waals surface area (Å²) in [5.74, 6) is 3.34. The molecule has 0 saturated carbocycles. The summed E-state index contributed by atoms with van der Waals surface area (Å²) in [4.78, 5) is 28.0. The van der Waals surface area contributed by atoms with Crippen LogP contribution < -0.4 is 17.0 Å². The van der Waals surface area contributed by atoms with Crippen LogP contribution in [0, 0.1) is 0 Å². The minimum Gasteiger partial charge on any atom is -0.478 e. The number of hydrogen-bond donors (Lipinski definition) is 5. The molecule has 0 aliphatic rings. The standard InChI is InChI=1S/C3H7NO2.C3H4O2.CH4N2O2/c1-2-6-3(4)5;1-2-3(4)5;2-3-1(4)5/h2H2,1H3,(H2,4,5);2H,1H2,(H,4,5);3H,2H2,(H,4,5). The molecule has 7 N–H and O–H groups in total. The maximum absolute atomic E-state index is 9.60. The van der Waals surface area contributed by atoms with E-state index in [-0.39, 0.29) is 0 Å². The van der Waals surface area contributed by atoms with Crippen molar-refractivity contribution in [3.05, 3.63) is 12.7 Å². The number of carboxylic acids is 1. The lowest BCUT2D eigenvalue weighted by molar-refractivity contribution is -0.131. The molecule has 0 aliphatic heterocycles. The number of carbonyl (C=O) groups is 3. The van der Waals surface area contributed by atoms with Gasteiger partial charge in [0, 0.05) is 6.08 Å². The number of nitrogens with two attached hydrogens (primary N) is 2. The van der Waals surface area contributed by atoms with Gasteiger partial charge in [-0.2, -0.15) is 0 Å². The molecular weight excluding hydrogens is 222 g/mol. The van der Waals surface area contributed by atoms with E-state index in [0.717, 1.165) is 6.08 Å². The quantitative estimate of drug-likeness (QED) is 0.186. The summed E-state index contributed by atoms with van der Waals surface area (Å²) in [5.41, 5.74) is 5.99. The molecule has 0 spiro atoms. The Morgan fingerprint density at radius 1 is 1.44 bits per heavy atom. The molecular formula is C7H15N3O6. The van der Waals surface area contributed by atoms with Gasteiger partial charge in [0.2, 0.25) is 0 Å². The van der Waals surface area contributed by atoms with Gasteiger partial charge in [-0.1, -0.05) is 6.58 Å². The van der Waals surface area contributed by atoms with Crippen LogP contribution >= 0.6 is 0 Å². The van der Waals surface area contributed by atoms with Crippen LogP contribution in [-0.2, 0) is 9.53 Å². The fourth-order valence-electron chi connectivity index (χ4n) is 0.142. The zero-order chi connectivity index (χ0) is 13.6. The average molecular weight is 237 g/mol. The topological polar surface area (TPSA) is 165 Å². The summed E-state index contributed by atoms with van der Waals surface area (Å²) in [6.45, 7) is 5.02. The maximum Gasteiger partial charge on any atom is 0.418 e. The first-order valence-electron chi connectivity index (χ1n) is 3.78. The van der Waals surface area contributed by atoms with Gasteiger partial charge in [-0.15, -0.1) is 0 Å². The predicted octanol–water partition coefficient (Wildman–Crippen LogP) is -0.514. The molecule has 94 valence electrons. The smallest absolute Gasteiger partial charge is 0.418 e. The van der Waals surface area contributed by atoms with Gasteiger partial charge in [-0.25, -0.2) is 20.2 Å². The molecule has 0 aromatic heterocycles. The highest BCUT2D eigenvalue weighted by Crippen LogP contribution is 1.66. The number of hydrazine groups is 1. The van der Waals surface area contributed by atoms with Gasteiger partial charge in [-0.05, 0) is 6.92 Å². The highest BCUT2D eigenvalue weighted by Gasteiger charge is 1.82. The third-order valence-electron chi connectivity index (χ3n) is 0.585. The molecule has 0 fully saturated rings. The van der Waals surface area contributed by atoms with E-state index in [9.17, 15) is 9.59 Å². The second kappa shape index (κ2) is 15.2. The normalized spacial score (nSPS) is 6.88. The molecule has 0 aromatic carbocycles. The van der Waals surface area contributed by atoms with E-state index >= 15 is 0 Å². The van der Waals surface area contributed by atoms with E-state index in [2.05, 4.69) is 22.9 Å². The van der Waals surface area contributed by atoms with E-state index in [1.165, 1.54) is 5.43 Å².